The lowest BCUT2D eigenvalue weighted by Gasteiger charge is -2.48. The van der Waals surface area contributed by atoms with Crippen molar-refractivity contribution < 1.29 is 9.53 Å². The van der Waals surface area contributed by atoms with Gasteiger partial charge in [-0.25, -0.2) is 0 Å². The first-order valence-corrected chi connectivity index (χ1v) is 10.0. The second kappa shape index (κ2) is 7.33. The lowest BCUT2D eigenvalue weighted by atomic mass is 9.65. The number of hydrogen-bond acceptors (Lipinski definition) is 3. The van der Waals surface area contributed by atoms with Gasteiger partial charge in [0.25, 0.3) is 0 Å². The topological polar surface area (TPSA) is 32.8 Å². The van der Waals surface area contributed by atoms with Crippen molar-refractivity contribution in [1.29, 1.82) is 0 Å². The molecule has 0 N–H and O–H groups in total. The summed E-state index contributed by atoms with van der Waals surface area (Å²) in [4.78, 5) is 17.2. The second-order valence-electron chi connectivity index (χ2n) is 8.91. The number of unbranched alkanes of at least 4 members (excludes halogenated alkanes) is 1. The summed E-state index contributed by atoms with van der Waals surface area (Å²) in [6.07, 6.45) is 10.8. The molecule has 0 aromatic rings. The maximum Gasteiger partial charge on any atom is 0.223 e. The van der Waals surface area contributed by atoms with E-state index < -0.39 is 0 Å². The number of hydrogen-bond donors (Lipinski definition) is 0. The number of carbonyl (C=O) groups excluding carboxylic acids is 1. The Morgan fingerprint density at radius 2 is 1.92 bits per heavy atom. The Labute approximate surface area is 147 Å². The molecule has 4 heteroatoms. The molecule has 1 amide bonds. The Kier molecular flexibility index (Phi) is 5.55. The number of amides is 1. The molecule has 4 nitrogen and oxygen atoms in total. The summed E-state index contributed by atoms with van der Waals surface area (Å²) in [6.45, 7) is 6.04. The minimum absolute atomic E-state index is 0.277. The Hall–Kier alpha value is -0.610. The van der Waals surface area contributed by atoms with E-state index in [0.29, 0.717) is 17.4 Å². The van der Waals surface area contributed by atoms with Crippen LogP contribution in [0.25, 0.3) is 0 Å². The van der Waals surface area contributed by atoms with Gasteiger partial charge in [-0.1, -0.05) is 19.8 Å². The van der Waals surface area contributed by atoms with E-state index in [-0.39, 0.29) is 5.41 Å². The van der Waals surface area contributed by atoms with E-state index in [1.807, 2.05) is 0 Å². The van der Waals surface area contributed by atoms with Crippen LogP contribution in [0.4, 0.5) is 0 Å². The summed E-state index contributed by atoms with van der Waals surface area (Å²) in [5.74, 6) is 1.09. The van der Waals surface area contributed by atoms with E-state index in [1.54, 1.807) is 0 Å². The fraction of sp³-hybridized carbons (Fsp3) is 0.950. The molecule has 24 heavy (non-hydrogen) atoms. The molecule has 1 saturated carbocycles. The predicted octanol–water partition coefficient (Wildman–Crippen LogP) is 3.31. The normalized spacial score (nSPS) is 34.3. The fourth-order valence-corrected chi connectivity index (χ4v) is 4.98. The highest BCUT2D eigenvalue weighted by atomic mass is 16.5. The number of nitrogens with zero attached hydrogens (tertiary/aromatic N) is 2. The third-order valence-corrected chi connectivity index (χ3v) is 7.11. The average Bonchev–Trinajstić information content (AvgIpc) is 2.81. The zero-order valence-corrected chi connectivity index (χ0v) is 16.0. The van der Waals surface area contributed by atoms with Gasteiger partial charge in [-0.05, 0) is 58.0 Å². The Morgan fingerprint density at radius 1 is 1.21 bits per heavy atom. The van der Waals surface area contributed by atoms with Crippen LogP contribution in [0.3, 0.4) is 0 Å². The highest BCUT2D eigenvalue weighted by molar-refractivity contribution is 5.79. The smallest absolute Gasteiger partial charge is 0.223 e. The molecule has 3 rings (SSSR count). The molecular formula is C20H36N2O2. The second-order valence-corrected chi connectivity index (χ2v) is 8.91. The third-order valence-electron chi connectivity index (χ3n) is 7.11. The quantitative estimate of drug-likeness (QED) is 0.715. The molecule has 1 aliphatic carbocycles. The van der Waals surface area contributed by atoms with Crippen LogP contribution in [-0.2, 0) is 9.53 Å². The number of likely N-dealkylation sites (tertiary alicyclic amines) is 1. The van der Waals surface area contributed by atoms with Crippen LogP contribution >= 0.6 is 0 Å². The van der Waals surface area contributed by atoms with Gasteiger partial charge in [-0.3, -0.25) is 4.79 Å². The summed E-state index contributed by atoms with van der Waals surface area (Å²) < 4.78 is 5.26. The molecule has 3 aliphatic rings. The lowest BCUT2D eigenvalue weighted by molar-refractivity contribution is -0.128. The maximum absolute atomic E-state index is 12.5. The standard InChI is InChI=1S/C20H36N2O2/c1-4-5-7-20(21(2)3)10-8-19(9-11-20)13-18(23)22(16-19)12-6-17-14-24-15-17/h17H,4-16H2,1-3H3. The molecule has 1 spiro atoms. The highest BCUT2D eigenvalue weighted by Gasteiger charge is 2.49. The highest BCUT2D eigenvalue weighted by Crippen LogP contribution is 2.50. The van der Waals surface area contributed by atoms with Crippen molar-refractivity contribution >= 4 is 5.91 Å². The van der Waals surface area contributed by atoms with Crippen LogP contribution in [0.2, 0.25) is 0 Å². The van der Waals surface area contributed by atoms with Crippen LogP contribution in [0.15, 0.2) is 0 Å². The minimum Gasteiger partial charge on any atom is -0.381 e. The Morgan fingerprint density at radius 3 is 2.46 bits per heavy atom. The zero-order chi connectivity index (χ0) is 17.2. The number of carbonyl (C=O) groups is 1. The summed E-state index contributed by atoms with van der Waals surface area (Å²) in [7, 11) is 4.50. The van der Waals surface area contributed by atoms with E-state index in [4.69, 9.17) is 4.74 Å². The van der Waals surface area contributed by atoms with Gasteiger partial charge in [0, 0.05) is 31.0 Å². The van der Waals surface area contributed by atoms with Crippen molar-refractivity contribution in [3.63, 3.8) is 0 Å². The summed E-state index contributed by atoms with van der Waals surface area (Å²) in [5.41, 5.74) is 0.653. The first-order chi connectivity index (χ1) is 11.5. The predicted molar refractivity (Wildman–Crippen MR) is 97.0 cm³/mol. The number of rotatable bonds is 7. The van der Waals surface area contributed by atoms with E-state index in [1.165, 1.54) is 44.9 Å². The lowest BCUT2D eigenvalue weighted by Crippen LogP contribution is -2.49. The molecular weight excluding hydrogens is 300 g/mol. The molecule has 0 radical (unpaired) electrons. The molecule has 2 saturated heterocycles. The molecule has 0 bridgehead atoms. The van der Waals surface area contributed by atoms with E-state index in [2.05, 4.69) is 30.8 Å². The summed E-state index contributed by atoms with van der Waals surface area (Å²) in [5, 5.41) is 0. The first-order valence-electron chi connectivity index (χ1n) is 10.0. The first kappa shape index (κ1) is 18.2. The molecule has 0 unspecified atom stereocenters. The van der Waals surface area contributed by atoms with Crippen molar-refractivity contribution in [2.24, 2.45) is 11.3 Å². The van der Waals surface area contributed by atoms with Crippen LogP contribution in [0.5, 0.6) is 0 Å². The van der Waals surface area contributed by atoms with E-state index >= 15 is 0 Å². The van der Waals surface area contributed by atoms with Crippen LogP contribution in [-0.4, -0.2) is 61.6 Å². The summed E-state index contributed by atoms with van der Waals surface area (Å²) >= 11 is 0. The molecule has 2 heterocycles. The fourth-order valence-electron chi connectivity index (χ4n) is 4.98. The van der Waals surface area contributed by atoms with Crippen molar-refractivity contribution in [2.75, 3.05) is 40.4 Å². The molecule has 0 atom stereocenters. The van der Waals surface area contributed by atoms with Crippen LogP contribution in [0, 0.1) is 11.3 Å². The van der Waals surface area contributed by atoms with Gasteiger partial charge in [0.05, 0.1) is 13.2 Å². The van der Waals surface area contributed by atoms with Crippen molar-refractivity contribution in [2.45, 2.75) is 70.3 Å². The molecule has 3 fully saturated rings. The Balaban J connectivity index is 1.55. The summed E-state index contributed by atoms with van der Waals surface area (Å²) in [6, 6.07) is 0. The number of ether oxygens (including phenoxy) is 1. The van der Waals surface area contributed by atoms with Gasteiger partial charge < -0.3 is 14.5 Å². The van der Waals surface area contributed by atoms with Crippen molar-refractivity contribution in [3.05, 3.63) is 0 Å². The van der Waals surface area contributed by atoms with Crippen LogP contribution in [0.1, 0.15) is 64.7 Å². The largest absolute Gasteiger partial charge is 0.381 e. The van der Waals surface area contributed by atoms with Gasteiger partial charge in [0.2, 0.25) is 5.91 Å². The van der Waals surface area contributed by atoms with Crippen LogP contribution < -0.4 is 0 Å². The Bertz CT molecular complexity index is 437. The van der Waals surface area contributed by atoms with Crippen molar-refractivity contribution in [1.82, 2.24) is 9.80 Å². The van der Waals surface area contributed by atoms with E-state index in [0.717, 1.165) is 39.1 Å². The van der Waals surface area contributed by atoms with Crippen molar-refractivity contribution in [3.8, 4) is 0 Å². The van der Waals surface area contributed by atoms with Gasteiger partial charge in [-0.2, -0.15) is 0 Å². The average molecular weight is 337 g/mol. The van der Waals surface area contributed by atoms with Gasteiger partial charge >= 0.3 is 0 Å². The zero-order valence-electron chi connectivity index (χ0n) is 16.0. The molecule has 2 aliphatic heterocycles. The van der Waals surface area contributed by atoms with E-state index in [9.17, 15) is 4.79 Å². The molecule has 138 valence electrons. The monoisotopic (exact) mass is 336 g/mol. The molecule has 0 aromatic carbocycles. The van der Waals surface area contributed by atoms with Gasteiger partial charge in [0.15, 0.2) is 0 Å². The SMILES string of the molecule is CCCCC1(N(C)C)CCC2(CC1)CC(=O)N(CCC1COC1)C2. The molecule has 0 aromatic heterocycles. The van der Waals surface area contributed by atoms with Gasteiger partial charge in [-0.15, -0.1) is 0 Å². The minimum atomic E-state index is 0.277. The third kappa shape index (κ3) is 3.65. The van der Waals surface area contributed by atoms with Gasteiger partial charge in [0.1, 0.15) is 0 Å². The maximum atomic E-state index is 12.5.